The van der Waals surface area contributed by atoms with Gasteiger partial charge in [-0.05, 0) is 42.7 Å². The van der Waals surface area contributed by atoms with E-state index < -0.39 is 0 Å². The van der Waals surface area contributed by atoms with Gasteiger partial charge in [0.2, 0.25) is 0 Å². The number of benzene rings is 2. The van der Waals surface area contributed by atoms with Crippen LogP contribution in [0.15, 0.2) is 42.5 Å². The van der Waals surface area contributed by atoms with Gasteiger partial charge in [0.1, 0.15) is 5.82 Å². The number of methoxy groups -OCH3 is 2. The summed E-state index contributed by atoms with van der Waals surface area (Å²) in [6.07, 6.45) is 1.75. The summed E-state index contributed by atoms with van der Waals surface area (Å²) in [5.74, 6) is 0.626. The maximum absolute atomic E-state index is 13.0. The monoisotopic (exact) mass is 371 g/mol. The number of carbonyl (C=O) groups is 1. The first-order valence-corrected chi connectivity index (χ1v) is 9.09. The van der Waals surface area contributed by atoms with Crippen molar-refractivity contribution in [3.05, 3.63) is 59.4 Å². The molecule has 0 aliphatic carbocycles. The van der Waals surface area contributed by atoms with Crippen molar-refractivity contribution >= 4 is 5.91 Å². The summed E-state index contributed by atoms with van der Waals surface area (Å²) < 4.78 is 23.6. The Morgan fingerprint density at radius 1 is 1.11 bits per heavy atom. The van der Waals surface area contributed by atoms with E-state index >= 15 is 0 Å². The van der Waals surface area contributed by atoms with Crippen molar-refractivity contribution in [1.29, 1.82) is 0 Å². The molecular weight excluding hydrogens is 346 g/mol. The highest BCUT2D eigenvalue weighted by Gasteiger charge is 2.23. The molecular formula is C21H25FN2O3. The van der Waals surface area contributed by atoms with Crippen LogP contribution in [0.25, 0.3) is 0 Å². The molecule has 1 fully saturated rings. The van der Waals surface area contributed by atoms with Crippen LogP contribution in [0.4, 0.5) is 4.39 Å². The topological polar surface area (TPSA) is 50.8 Å². The SMILES string of the molecule is COc1cccc(C(=O)NC2CCN(Cc3ccc([18F])cc3)CC2)c1OC. The smallest absolute Gasteiger partial charge is 0.255 e. The van der Waals surface area contributed by atoms with Gasteiger partial charge in [0, 0.05) is 25.7 Å². The summed E-state index contributed by atoms with van der Waals surface area (Å²) >= 11 is 0. The zero-order chi connectivity index (χ0) is 19.2. The summed E-state index contributed by atoms with van der Waals surface area (Å²) in [7, 11) is 3.08. The number of nitrogens with zero attached hydrogens (tertiary/aromatic N) is 1. The highest BCUT2D eigenvalue weighted by molar-refractivity contribution is 5.98. The number of halogens is 1. The molecule has 144 valence electrons. The highest BCUT2D eigenvalue weighted by atomic mass is 18.2. The Hall–Kier alpha value is -2.60. The van der Waals surface area contributed by atoms with E-state index in [2.05, 4.69) is 10.2 Å². The van der Waals surface area contributed by atoms with Gasteiger partial charge in [0.15, 0.2) is 11.5 Å². The van der Waals surface area contributed by atoms with Crippen LogP contribution in [0, 0.1) is 5.82 Å². The second-order valence-corrected chi connectivity index (χ2v) is 6.69. The van der Waals surface area contributed by atoms with Crippen LogP contribution < -0.4 is 14.8 Å². The summed E-state index contributed by atoms with van der Waals surface area (Å²) in [6, 6.07) is 12.0. The Labute approximate surface area is 159 Å². The molecule has 0 saturated carbocycles. The summed E-state index contributed by atoms with van der Waals surface area (Å²) in [6.45, 7) is 2.57. The van der Waals surface area contributed by atoms with E-state index in [-0.39, 0.29) is 17.8 Å². The van der Waals surface area contributed by atoms with Gasteiger partial charge in [0.05, 0.1) is 19.8 Å². The minimum Gasteiger partial charge on any atom is -0.493 e. The van der Waals surface area contributed by atoms with Gasteiger partial charge in [-0.25, -0.2) is 4.39 Å². The molecule has 1 aliphatic rings. The average molecular weight is 371 g/mol. The largest absolute Gasteiger partial charge is 0.493 e. The van der Waals surface area contributed by atoms with Crippen LogP contribution >= 0.6 is 0 Å². The fraction of sp³-hybridized carbons (Fsp3) is 0.381. The van der Waals surface area contributed by atoms with E-state index in [1.807, 2.05) is 12.1 Å². The number of hydrogen-bond acceptors (Lipinski definition) is 4. The fourth-order valence-corrected chi connectivity index (χ4v) is 3.41. The summed E-state index contributed by atoms with van der Waals surface area (Å²) in [5.41, 5.74) is 1.57. The molecule has 0 atom stereocenters. The van der Waals surface area contributed by atoms with Crippen LogP contribution in [0.3, 0.4) is 0 Å². The van der Waals surface area contributed by atoms with Crippen molar-refractivity contribution in [3.8, 4) is 11.5 Å². The number of rotatable bonds is 6. The maximum atomic E-state index is 13.0. The van der Waals surface area contributed by atoms with Crippen molar-refractivity contribution in [2.45, 2.75) is 25.4 Å². The van der Waals surface area contributed by atoms with E-state index in [0.29, 0.717) is 17.1 Å². The van der Waals surface area contributed by atoms with E-state index in [4.69, 9.17) is 9.47 Å². The van der Waals surface area contributed by atoms with E-state index in [1.54, 1.807) is 25.3 Å². The van der Waals surface area contributed by atoms with E-state index in [0.717, 1.165) is 38.0 Å². The minimum atomic E-state index is -0.215. The van der Waals surface area contributed by atoms with Gasteiger partial charge in [-0.15, -0.1) is 0 Å². The molecule has 1 saturated heterocycles. The van der Waals surface area contributed by atoms with Crippen molar-refractivity contribution in [2.75, 3.05) is 27.3 Å². The molecule has 2 aromatic carbocycles. The minimum absolute atomic E-state index is 0.123. The predicted molar refractivity (Wildman–Crippen MR) is 102 cm³/mol. The third-order valence-corrected chi connectivity index (χ3v) is 4.89. The molecule has 0 spiro atoms. The molecule has 1 aliphatic heterocycles. The van der Waals surface area contributed by atoms with Gasteiger partial charge in [0.25, 0.3) is 5.91 Å². The number of nitrogens with one attached hydrogen (secondary N) is 1. The first-order valence-electron chi connectivity index (χ1n) is 9.09. The second-order valence-electron chi connectivity index (χ2n) is 6.69. The zero-order valence-electron chi connectivity index (χ0n) is 15.7. The molecule has 5 nitrogen and oxygen atoms in total. The first-order chi connectivity index (χ1) is 13.1. The molecule has 3 rings (SSSR count). The van der Waals surface area contributed by atoms with Gasteiger partial charge in [-0.2, -0.15) is 0 Å². The second kappa shape index (κ2) is 8.86. The van der Waals surface area contributed by atoms with Crippen molar-refractivity contribution in [2.24, 2.45) is 0 Å². The third kappa shape index (κ3) is 4.77. The molecule has 6 heteroatoms. The fourth-order valence-electron chi connectivity index (χ4n) is 3.41. The zero-order valence-corrected chi connectivity index (χ0v) is 15.7. The molecule has 0 radical (unpaired) electrons. The number of carbonyl (C=O) groups excluding carboxylic acids is 1. The van der Waals surface area contributed by atoms with Crippen LogP contribution in [0.2, 0.25) is 0 Å². The molecule has 1 heterocycles. The van der Waals surface area contributed by atoms with Gasteiger partial charge >= 0.3 is 0 Å². The lowest BCUT2D eigenvalue weighted by Gasteiger charge is -2.32. The molecule has 1 N–H and O–H groups in total. The van der Waals surface area contributed by atoms with Gasteiger partial charge < -0.3 is 14.8 Å². The first kappa shape index (κ1) is 19.2. The number of likely N-dealkylation sites (tertiary alicyclic amines) is 1. The number of amides is 1. The Kier molecular flexibility index (Phi) is 6.29. The Morgan fingerprint density at radius 3 is 2.44 bits per heavy atom. The molecule has 0 unspecified atom stereocenters. The Balaban J connectivity index is 1.54. The quantitative estimate of drug-likeness (QED) is 0.847. The highest BCUT2D eigenvalue weighted by Crippen LogP contribution is 2.30. The Bertz CT molecular complexity index is 771. The van der Waals surface area contributed by atoms with Crippen LogP contribution in [-0.4, -0.2) is 44.2 Å². The summed E-state index contributed by atoms with van der Waals surface area (Å²) in [4.78, 5) is 15.0. The van der Waals surface area contributed by atoms with Gasteiger partial charge in [-0.1, -0.05) is 18.2 Å². The lowest BCUT2D eigenvalue weighted by atomic mass is 10.0. The summed E-state index contributed by atoms with van der Waals surface area (Å²) in [5, 5.41) is 3.10. The predicted octanol–water partition coefficient (Wildman–Crippen LogP) is 3.24. The molecule has 2 aromatic rings. The number of piperidine rings is 1. The lowest BCUT2D eigenvalue weighted by Crippen LogP contribution is -2.44. The average Bonchev–Trinajstić information content (AvgIpc) is 2.70. The molecule has 0 bridgehead atoms. The number of hydrogen-bond donors (Lipinski definition) is 1. The molecule has 0 aromatic heterocycles. The van der Waals surface area contributed by atoms with E-state index in [9.17, 15) is 9.18 Å². The van der Waals surface area contributed by atoms with Crippen LogP contribution in [0.5, 0.6) is 11.5 Å². The number of para-hydroxylation sites is 1. The van der Waals surface area contributed by atoms with Crippen molar-refractivity contribution in [3.63, 3.8) is 0 Å². The number of ether oxygens (including phenoxy) is 2. The Morgan fingerprint density at radius 2 is 1.81 bits per heavy atom. The normalized spacial score (nSPS) is 15.4. The standard InChI is InChI=1S/C21H25FN2O3/c1-26-19-5-3-4-18(20(19)27-2)21(25)23-17-10-12-24(13-11-17)14-15-6-8-16(22)9-7-15/h3-9,17H,10-14H2,1-2H3,(H,23,25)/i22-1. The van der Waals surface area contributed by atoms with Gasteiger partial charge in [-0.3, -0.25) is 9.69 Å². The van der Waals surface area contributed by atoms with Crippen molar-refractivity contribution in [1.82, 2.24) is 10.2 Å². The lowest BCUT2D eigenvalue weighted by molar-refractivity contribution is 0.0905. The third-order valence-electron chi connectivity index (χ3n) is 4.89. The maximum Gasteiger partial charge on any atom is 0.255 e. The molecule has 1 amide bonds. The van der Waals surface area contributed by atoms with Crippen LogP contribution in [-0.2, 0) is 6.54 Å². The van der Waals surface area contributed by atoms with Crippen molar-refractivity contribution < 1.29 is 18.7 Å². The van der Waals surface area contributed by atoms with Crippen LogP contribution in [0.1, 0.15) is 28.8 Å². The van der Waals surface area contributed by atoms with E-state index in [1.165, 1.54) is 19.2 Å². The molecule has 27 heavy (non-hydrogen) atoms.